The number of nitrogens with zero attached hydrogens (tertiary/aromatic N) is 1. The third-order valence-electron chi connectivity index (χ3n) is 3.59. The minimum absolute atomic E-state index is 0.156. The molecule has 1 aromatic carbocycles. The molecule has 6 nitrogen and oxygen atoms in total. The molecule has 0 amide bonds. The number of epoxide rings is 2. The van der Waals surface area contributed by atoms with Gasteiger partial charge in [0.15, 0.2) is 0 Å². The summed E-state index contributed by atoms with van der Waals surface area (Å²) in [5, 5.41) is 33.5. The van der Waals surface area contributed by atoms with E-state index >= 15 is 0 Å². The zero-order valence-corrected chi connectivity index (χ0v) is 17.1. The van der Waals surface area contributed by atoms with Gasteiger partial charge in [-0.25, -0.2) is 0 Å². The number of benzene rings is 1. The zero-order chi connectivity index (χ0) is 21.7. The molecule has 1 unspecified atom stereocenters. The number of aliphatic hydroxyl groups is 3. The predicted molar refractivity (Wildman–Crippen MR) is 113 cm³/mol. The van der Waals surface area contributed by atoms with Crippen molar-refractivity contribution in [2.75, 3.05) is 39.6 Å². The molecule has 3 rings (SSSR count). The van der Waals surface area contributed by atoms with Crippen molar-refractivity contribution >= 4 is 6.08 Å². The van der Waals surface area contributed by atoms with Crippen molar-refractivity contribution in [3.63, 3.8) is 0 Å². The Morgan fingerprint density at radius 2 is 1.54 bits per heavy atom. The normalized spacial score (nSPS) is 15.1. The standard InChI is InChI=1S/C8H8.C6H14O3.C3H3N.C3H6O.C2H4O/c1-2-8-6-4-3-5-7-8;1-2-6(3-7,4-8)5-9;1-2-3-4;1-3-2-4-3;1-2-3-1/h2-7H,1H2;7-9H,2-5H2,1H3;2H,1H2;3H,2H2,1H3;1-2H2. The molecule has 0 radical (unpaired) electrons. The fourth-order valence-corrected chi connectivity index (χ4v) is 1.17. The van der Waals surface area contributed by atoms with Gasteiger partial charge in [-0.1, -0.05) is 56.5 Å². The van der Waals surface area contributed by atoms with E-state index in [-0.39, 0.29) is 19.8 Å². The number of rotatable bonds is 5. The molecule has 2 heterocycles. The lowest BCUT2D eigenvalue weighted by atomic mass is 9.88. The predicted octanol–water partition coefficient (Wildman–Crippen LogP) is 2.81. The first-order valence-corrected chi connectivity index (χ1v) is 9.19. The van der Waals surface area contributed by atoms with Crippen LogP contribution in [0.5, 0.6) is 0 Å². The summed E-state index contributed by atoms with van der Waals surface area (Å²) in [6.45, 7) is 13.1. The van der Waals surface area contributed by atoms with Gasteiger partial charge in [-0.2, -0.15) is 5.26 Å². The lowest BCUT2D eigenvalue weighted by molar-refractivity contribution is 0.00304. The van der Waals surface area contributed by atoms with Crippen LogP contribution in [0.2, 0.25) is 0 Å². The lowest BCUT2D eigenvalue weighted by Crippen LogP contribution is -2.32. The Bertz CT molecular complexity index is 497. The number of aliphatic hydroxyl groups excluding tert-OH is 3. The van der Waals surface area contributed by atoms with Gasteiger partial charge in [-0.05, 0) is 18.9 Å². The second-order valence-corrected chi connectivity index (χ2v) is 6.03. The average molecular weight is 394 g/mol. The van der Waals surface area contributed by atoms with Crippen LogP contribution in [0.25, 0.3) is 6.08 Å². The quantitative estimate of drug-likeness (QED) is 0.524. The molecule has 28 heavy (non-hydrogen) atoms. The molecule has 0 spiro atoms. The Labute approximate surface area is 169 Å². The van der Waals surface area contributed by atoms with E-state index in [1.54, 1.807) is 6.07 Å². The van der Waals surface area contributed by atoms with Crippen molar-refractivity contribution in [2.45, 2.75) is 26.4 Å². The minimum Gasteiger partial charge on any atom is -0.396 e. The molecule has 0 aliphatic carbocycles. The molecular formula is C22H35NO5. The van der Waals surface area contributed by atoms with Crippen molar-refractivity contribution < 1.29 is 24.8 Å². The van der Waals surface area contributed by atoms with Crippen molar-refractivity contribution in [3.8, 4) is 6.07 Å². The Hall–Kier alpha value is -2.01. The smallest absolute Gasteiger partial charge is 0.0905 e. The molecule has 0 aromatic heterocycles. The maximum atomic E-state index is 8.66. The highest BCUT2D eigenvalue weighted by Crippen LogP contribution is 2.18. The Kier molecular flexibility index (Phi) is 19.9. The maximum absolute atomic E-state index is 8.66. The first kappa shape index (κ1) is 28.2. The third-order valence-corrected chi connectivity index (χ3v) is 3.59. The van der Waals surface area contributed by atoms with Gasteiger partial charge in [0.25, 0.3) is 0 Å². The summed E-state index contributed by atoms with van der Waals surface area (Å²) >= 11 is 0. The molecular weight excluding hydrogens is 358 g/mol. The summed E-state index contributed by atoms with van der Waals surface area (Å²) in [6, 6.07) is 11.7. The monoisotopic (exact) mass is 393 g/mol. The highest BCUT2D eigenvalue weighted by Gasteiger charge is 2.24. The minimum atomic E-state index is -0.667. The Morgan fingerprint density at radius 1 is 1.14 bits per heavy atom. The highest BCUT2D eigenvalue weighted by molar-refractivity contribution is 5.45. The largest absolute Gasteiger partial charge is 0.396 e. The zero-order valence-electron chi connectivity index (χ0n) is 17.1. The van der Waals surface area contributed by atoms with Crippen molar-refractivity contribution in [2.24, 2.45) is 5.41 Å². The molecule has 158 valence electrons. The molecule has 0 bridgehead atoms. The average Bonchev–Trinajstić information content (AvgIpc) is 3.67. The van der Waals surface area contributed by atoms with E-state index in [0.29, 0.717) is 12.5 Å². The Morgan fingerprint density at radius 3 is 1.64 bits per heavy atom. The van der Waals surface area contributed by atoms with Crippen LogP contribution in [-0.2, 0) is 9.47 Å². The molecule has 3 N–H and O–H groups in total. The first-order valence-electron chi connectivity index (χ1n) is 9.19. The fourth-order valence-electron chi connectivity index (χ4n) is 1.17. The topological polar surface area (TPSA) is 110 Å². The summed E-state index contributed by atoms with van der Waals surface area (Å²) in [5.41, 5.74) is 0.507. The summed E-state index contributed by atoms with van der Waals surface area (Å²) < 4.78 is 9.21. The summed E-state index contributed by atoms with van der Waals surface area (Å²) in [5.74, 6) is 0. The second-order valence-electron chi connectivity index (χ2n) is 6.03. The van der Waals surface area contributed by atoms with Crippen LogP contribution in [0.3, 0.4) is 0 Å². The summed E-state index contributed by atoms with van der Waals surface area (Å²) in [4.78, 5) is 0. The van der Waals surface area contributed by atoms with Gasteiger partial charge in [0.2, 0.25) is 0 Å². The van der Waals surface area contributed by atoms with E-state index in [9.17, 15) is 0 Å². The molecule has 1 atom stereocenters. The van der Waals surface area contributed by atoms with E-state index in [1.165, 1.54) is 11.6 Å². The van der Waals surface area contributed by atoms with Gasteiger partial charge in [0.1, 0.15) is 0 Å². The van der Waals surface area contributed by atoms with Crippen LogP contribution in [0.4, 0.5) is 0 Å². The van der Waals surface area contributed by atoms with Crippen LogP contribution in [-0.4, -0.2) is 61.1 Å². The maximum Gasteiger partial charge on any atom is 0.0905 e. The van der Waals surface area contributed by atoms with Crippen molar-refractivity contribution in [1.29, 1.82) is 5.26 Å². The Balaban J connectivity index is 0. The summed E-state index contributed by atoms with van der Waals surface area (Å²) in [7, 11) is 0. The van der Waals surface area contributed by atoms with E-state index in [4.69, 9.17) is 25.3 Å². The fraction of sp³-hybridized carbons (Fsp3) is 0.500. The first-order chi connectivity index (χ1) is 13.5. The van der Waals surface area contributed by atoms with Gasteiger partial charge < -0.3 is 24.8 Å². The lowest BCUT2D eigenvalue weighted by Gasteiger charge is -2.24. The van der Waals surface area contributed by atoms with Gasteiger partial charge in [0.05, 0.1) is 51.8 Å². The molecule has 2 aliphatic heterocycles. The van der Waals surface area contributed by atoms with E-state index in [1.807, 2.05) is 43.3 Å². The second kappa shape index (κ2) is 19.7. The molecule has 6 heteroatoms. The molecule has 0 saturated carbocycles. The van der Waals surface area contributed by atoms with Crippen LogP contribution in [0.15, 0.2) is 49.6 Å². The third kappa shape index (κ3) is 20.3. The number of allylic oxidation sites excluding steroid dienone is 1. The van der Waals surface area contributed by atoms with E-state index in [0.717, 1.165) is 19.8 Å². The van der Waals surface area contributed by atoms with Crippen molar-refractivity contribution in [3.05, 3.63) is 55.1 Å². The van der Waals surface area contributed by atoms with Gasteiger partial charge in [0, 0.05) is 11.5 Å². The molecule has 2 aliphatic rings. The SMILES string of the molecule is C1CO1.C=CC#N.C=Cc1ccccc1.CC1CO1.CCC(CO)(CO)CO. The van der Waals surface area contributed by atoms with E-state index < -0.39 is 5.41 Å². The molecule has 1 aromatic rings. The highest BCUT2D eigenvalue weighted by atomic mass is 16.6. The van der Waals surface area contributed by atoms with Crippen LogP contribution in [0.1, 0.15) is 25.8 Å². The number of ether oxygens (including phenoxy) is 2. The van der Waals surface area contributed by atoms with Crippen LogP contribution >= 0.6 is 0 Å². The van der Waals surface area contributed by atoms with Crippen molar-refractivity contribution in [1.82, 2.24) is 0 Å². The van der Waals surface area contributed by atoms with Gasteiger partial charge in [-0.15, -0.1) is 0 Å². The number of hydrogen-bond donors (Lipinski definition) is 3. The number of nitriles is 1. The van der Waals surface area contributed by atoms with E-state index in [2.05, 4.69) is 24.8 Å². The summed E-state index contributed by atoms with van der Waals surface area (Å²) in [6.07, 6.45) is 4.19. The van der Waals surface area contributed by atoms with Crippen LogP contribution < -0.4 is 0 Å². The van der Waals surface area contributed by atoms with Crippen LogP contribution in [0, 0.1) is 16.7 Å². The molecule has 2 fully saturated rings. The van der Waals surface area contributed by atoms with Gasteiger partial charge in [-0.3, -0.25) is 0 Å². The van der Waals surface area contributed by atoms with Gasteiger partial charge >= 0.3 is 0 Å². The molecule has 2 saturated heterocycles. The number of hydrogen-bond acceptors (Lipinski definition) is 6.